The highest BCUT2D eigenvalue weighted by atomic mass is 32.1. The fraction of sp³-hybridized carbons (Fsp3) is 0.0870. The molecule has 3 aromatic carbocycles. The van der Waals surface area contributed by atoms with Crippen LogP contribution in [-0.2, 0) is 6.54 Å². The van der Waals surface area contributed by atoms with Gasteiger partial charge in [-0.15, -0.1) is 0 Å². The molecule has 5 rings (SSSR count). The summed E-state index contributed by atoms with van der Waals surface area (Å²) < 4.78 is 71.9. The Morgan fingerprint density at radius 2 is 1.47 bits per heavy atom. The molecule has 1 aliphatic heterocycles. The Morgan fingerprint density at radius 1 is 0.875 bits per heavy atom. The fourth-order valence-electron chi connectivity index (χ4n) is 3.89. The average Bonchev–Trinajstić information content (AvgIpc) is 3.36. The van der Waals surface area contributed by atoms with Crippen molar-refractivity contribution in [2.24, 2.45) is 0 Å². The van der Waals surface area contributed by atoms with E-state index in [1.807, 2.05) is 47.0 Å². The van der Waals surface area contributed by atoms with Crippen LogP contribution in [0, 0.1) is 29.1 Å². The van der Waals surface area contributed by atoms with Crippen LogP contribution < -0.4 is 14.6 Å². The van der Waals surface area contributed by atoms with Crippen LogP contribution in [0.5, 0.6) is 0 Å². The van der Waals surface area contributed by atoms with E-state index in [2.05, 4.69) is 0 Å². The average molecular weight is 460 g/mol. The fourth-order valence-corrected chi connectivity index (χ4v) is 5.11. The first kappa shape index (κ1) is 20.4. The molecule has 0 saturated carbocycles. The first-order chi connectivity index (χ1) is 15.4. The van der Waals surface area contributed by atoms with Crippen LogP contribution >= 0.6 is 11.3 Å². The first-order valence-electron chi connectivity index (χ1n) is 9.54. The second kappa shape index (κ2) is 7.59. The Kier molecular flexibility index (Phi) is 4.85. The summed E-state index contributed by atoms with van der Waals surface area (Å²) in [7, 11) is 0. The van der Waals surface area contributed by atoms with Gasteiger partial charge in [-0.1, -0.05) is 42.5 Å². The Bertz CT molecular complexity index is 1360. The minimum absolute atomic E-state index is 0.375. The van der Waals surface area contributed by atoms with E-state index in [0.717, 1.165) is 15.8 Å². The Balaban J connectivity index is 1.69. The van der Waals surface area contributed by atoms with Crippen molar-refractivity contribution in [2.45, 2.75) is 12.6 Å². The molecule has 0 aliphatic carbocycles. The lowest BCUT2D eigenvalue weighted by Crippen LogP contribution is -2.31. The summed E-state index contributed by atoms with van der Waals surface area (Å²) in [6, 6.07) is 16.0. The van der Waals surface area contributed by atoms with Crippen LogP contribution in [-0.4, -0.2) is 0 Å². The largest absolute Gasteiger partial charge is 0.842 e. The first-order valence-corrected chi connectivity index (χ1v) is 10.4. The standard InChI is InChI=1S/C23H13F5N2OS/c24-18-13(19(25)21(27)22(28)20(18)26)10-17(31)30-15(12-6-2-1-3-7-12)11-29-14-8-4-5-9-16(14)32-23(29)30/h1-10,15H,11H2/b17-10-/t15-/m0/s1. The van der Waals surface area contributed by atoms with Crippen molar-refractivity contribution in [1.82, 2.24) is 0 Å². The number of hydrogen-bond donors (Lipinski definition) is 0. The maximum absolute atomic E-state index is 14.2. The van der Waals surface area contributed by atoms with Gasteiger partial charge in [0.15, 0.2) is 29.3 Å². The van der Waals surface area contributed by atoms with E-state index in [9.17, 15) is 27.1 Å². The topological polar surface area (TPSA) is 30.2 Å². The molecule has 32 heavy (non-hydrogen) atoms. The second-order valence-corrected chi connectivity index (χ2v) is 8.23. The molecule has 9 heteroatoms. The molecule has 0 fully saturated rings. The summed E-state index contributed by atoms with van der Waals surface area (Å²) in [4.78, 5) is 1.33. The molecule has 1 atom stereocenters. The number of fused-ring (bicyclic) bond motifs is 3. The van der Waals surface area contributed by atoms with Crippen molar-refractivity contribution in [1.29, 1.82) is 0 Å². The van der Waals surface area contributed by atoms with Gasteiger partial charge in [0.05, 0.1) is 16.1 Å². The molecule has 0 unspecified atom stereocenters. The predicted molar refractivity (Wildman–Crippen MR) is 108 cm³/mol. The number of nitrogens with zero attached hydrogens (tertiary/aromatic N) is 2. The monoisotopic (exact) mass is 460 g/mol. The summed E-state index contributed by atoms with van der Waals surface area (Å²) in [5.74, 6) is -11.4. The second-order valence-electron chi connectivity index (χ2n) is 7.23. The minimum Gasteiger partial charge on any atom is -0.842 e. The summed E-state index contributed by atoms with van der Waals surface area (Å²) in [6.45, 7) is 0.375. The maximum atomic E-state index is 14.2. The zero-order valence-electron chi connectivity index (χ0n) is 16.2. The van der Waals surface area contributed by atoms with Crippen LogP contribution in [0.25, 0.3) is 16.3 Å². The van der Waals surface area contributed by atoms with E-state index in [-0.39, 0.29) is 0 Å². The number of hydrogen-bond acceptors (Lipinski definition) is 3. The van der Waals surface area contributed by atoms with E-state index < -0.39 is 46.6 Å². The molecule has 0 spiro atoms. The van der Waals surface area contributed by atoms with Gasteiger partial charge >= 0.3 is 5.13 Å². The smallest absolute Gasteiger partial charge is 0.342 e. The molecule has 0 amide bonds. The van der Waals surface area contributed by atoms with Gasteiger partial charge in [0.25, 0.3) is 0 Å². The molecule has 2 heterocycles. The zero-order chi connectivity index (χ0) is 22.6. The summed E-state index contributed by atoms with van der Waals surface area (Å²) >= 11 is 1.30. The molecule has 1 aliphatic rings. The van der Waals surface area contributed by atoms with E-state index in [1.165, 1.54) is 16.2 Å². The lowest BCUT2D eigenvalue weighted by molar-refractivity contribution is -0.644. The normalized spacial score (nSPS) is 16.1. The van der Waals surface area contributed by atoms with Crippen molar-refractivity contribution in [2.75, 3.05) is 4.90 Å². The third kappa shape index (κ3) is 3.03. The Labute approximate surface area is 182 Å². The number of anilines is 1. The summed E-state index contributed by atoms with van der Waals surface area (Å²) in [6.07, 6.45) is 0.465. The number of aromatic nitrogens is 1. The quantitative estimate of drug-likeness (QED) is 0.145. The highest BCUT2D eigenvalue weighted by molar-refractivity contribution is 7.21. The van der Waals surface area contributed by atoms with Crippen molar-refractivity contribution in [3.05, 3.63) is 101 Å². The van der Waals surface area contributed by atoms with Gasteiger partial charge in [-0.2, -0.15) is 0 Å². The Morgan fingerprint density at radius 3 is 2.16 bits per heavy atom. The van der Waals surface area contributed by atoms with Gasteiger partial charge in [0.2, 0.25) is 5.82 Å². The highest BCUT2D eigenvalue weighted by Crippen LogP contribution is 2.40. The van der Waals surface area contributed by atoms with Gasteiger partial charge in [0, 0.05) is 5.56 Å². The van der Waals surface area contributed by atoms with Gasteiger partial charge in [-0.05, 0) is 29.5 Å². The van der Waals surface area contributed by atoms with Gasteiger partial charge in [0.1, 0.15) is 12.1 Å². The molecule has 162 valence electrons. The zero-order valence-corrected chi connectivity index (χ0v) is 17.0. The molecule has 0 radical (unpaired) electrons. The van der Waals surface area contributed by atoms with Gasteiger partial charge in [-0.3, -0.25) is 0 Å². The predicted octanol–water partition coefficient (Wildman–Crippen LogP) is 4.80. The SMILES string of the molecule is [O-]/C(=C\c1c(F)c(F)c(F)c(F)c1F)N1c2sc3ccccc3[n+]2C[C@H]1c1ccccc1. The van der Waals surface area contributed by atoms with Crippen LogP contribution in [0.3, 0.4) is 0 Å². The van der Waals surface area contributed by atoms with Crippen LogP contribution in [0.2, 0.25) is 0 Å². The van der Waals surface area contributed by atoms with Crippen molar-refractivity contribution >= 4 is 32.8 Å². The number of rotatable bonds is 3. The lowest BCUT2D eigenvalue weighted by atomic mass is 10.1. The van der Waals surface area contributed by atoms with Gasteiger partial charge < -0.3 is 5.11 Å². The molecule has 4 aromatic rings. The molecule has 0 bridgehead atoms. The van der Waals surface area contributed by atoms with E-state index in [4.69, 9.17) is 0 Å². The maximum Gasteiger partial charge on any atom is 0.342 e. The van der Waals surface area contributed by atoms with Crippen molar-refractivity contribution in [3.8, 4) is 0 Å². The summed E-state index contributed by atoms with van der Waals surface area (Å²) in [5, 5.41) is 13.7. The minimum atomic E-state index is -2.27. The van der Waals surface area contributed by atoms with Crippen LogP contribution in [0.15, 0.2) is 60.5 Å². The number of para-hydroxylation sites is 1. The molecule has 3 nitrogen and oxygen atoms in total. The van der Waals surface area contributed by atoms with Crippen molar-refractivity contribution < 1.29 is 31.6 Å². The molecule has 0 N–H and O–H groups in total. The van der Waals surface area contributed by atoms with Gasteiger partial charge in [-0.25, -0.2) is 31.4 Å². The van der Waals surface area contributed by atoms with E-state index >= 15 is 0 Å². The Hall–Kier alpha value is -3.46. The lowest BCUT2D eigenvalue weighted by Gasteiger charge is -2.24. The van der Waals surface area contributed by atoms with E-state index in [0.29, 0.717) is 17.8 Å². The number of halogens is 5. The van der Waals surface area contributed by atoms with E-state index in [1.54, 1.807) is 12.1 Å². The third-order valence-electron chi connectivity index (χ3n) is 5.39. The summed E-state index contributed by atoms with van der Waals surface area (Å²) in [5.41, 5.74) is 0.379. The molecule has 0 saturated heterocycles. The third-order valence-corrected chi connectivity index (χ3v) is 6.56. The molecular weight excluding hydrogens is 447 g/mol. The van der Waals surface area contributed by atoms with Crippen LogP contribution in [0.4, 0.5) is 27.1 Å². The van der Waals surface area contributed by atoms with Crippen LogP contribution in [0.1, 0.15) is 17.2 Å². The highest BCUT2D eigenvalue weighted by Gasteiger charge is 2.42. The number of thiazole rings is 1. The molecular formula is C23H13F5N2OS. The molecule has 1 aromatic heterocycles. The number of benzene rings is 3. The van der Waals surface area contributed by atoms with Crippen molar-refractivity contribution in [3.63, 3.8) is 0 Å².